The van der Waals surface area contributed by atoms with Gasteiger partial charge >= 0.3 is 0 Å². The van der Waals surface area contributed by atoms with Crippen LogP contribution in [-0.2, 0) is 4.79 Å². The fraction of sp³-hybridized carbons (Fsp3) is 0.214. The molecule has 0 spiro atoms. The average molecular weight is 287 g/mol. The number of imide groups is 1. The third-order valence-corrected chi connectivity index (χ3v) is 3.97. The molecule has 5 nitrogen and oxygen atoms in total. The summed E-state index contributed by atoms with van der Waals surface area (Å²) in [5.41, 5.74) is 2.51. The summed E-state index contributed by atoms with van der Waals surface area (Å²) < 4.78 is 0. The summed E-state index contributed by atoms with van der Waals surface area (Å²) in [5, 5.41) is -0.218. The van der Waals surface area contributed by atoms with Crippen molar-refractivity contribution in [2.75, 3.05) is 0 Å². The minimum atomic E-state index is -0.236. The lowest BCUT2D eigenvalue weighted by Crippen LogP contribution is -2.34. The highest BCUT2D eigenvalue weighted by Gasteiger charge is 2.36. The molecule has 0 bridgehead atoms. The number of pyridine rings is 1. The Hall–Kier alpha value is -2.08. The van der Waals surface area contributed by atoms with Gasteiger partial charge in [0.1, 0.15) is 0 Å². The predicted octanol–water partition coefficient (Wildman–Crippen LogP) is 3.01. The number of H-pyrrole nitrogens is 1. The van der Waals surface area contributed by atoms with Gasteiger partial charge in [-0.2, -0.15) is 0 Å². The molecule has 0 radical (unpaired) electrons. The smallest absolute Gasteiger partial charge is 0.293 e. The Bertz CT molecular complexity index is 733. The monoisotopic (exact) mass is 287 g/mol. The third-order valence-electron chi connectivity index (χ3n) is 3.09. The van der Waals surface area contributed by atoms with Crippen LogP contribution < -0.4 is 0 Å². The molecule has 0 aromatic carbocycles. The number of aromatic amines is 1. The number of rotatable bonds is 2. The van der Waals surface area contributed by atoms with Crippen LogP contribution >= 0.6 is 11.8 Å². The normalized spacial score (nSPS) is 17.9. The van der Waals surface area contributed by atoms with Crippen molar-refractivity contribution >= 4 is 40.0 Å². The van der Waals surface area contributed by atoms with Crippen LogP contribution in [0.5, 0.6) is 0 Å². The second kappa shape index (κ2) is 4.79. The van der Waals surface area contributed by atoms with E-state index in [0.29, 0.717) is 4.91 Å². The van der Waals surface area contributed by atoms with Crippen molar-refractivity contribution in [3.8, 4) is 0 Å². The molecule has 2 aromatic rings. The molecule has 0 saturated carbocycles. The van der Waals surface area contributed by atoms with Gasteiger partial charge in [0.05, 0.1) is 15.9 Å². The number of fused-ring (bicyclic) bond motifs is 1. The minimum Gasteiger partial charge on any atom is -0.359 e. The number of nitrogens with one attached hydrogen (secondary N) is 1. The zero-order chi connectivity index (χ0) is 14.3. The quantitative estimate of drug-likeness (QED) is 0.862. The van der Waals surface area contributed by atoms with Crippen LogP contribution in [0.25, 0.3) is 17.1 Å². The Morgan fingerprint density at radius 1 is 1.40 bits per heavy atom. The molecule has 1 fully saturated rings. The standard InChI is InChI=1S/C14H13N3O2S/c1-8(2)17-13(18)11(20-14(17)19)6-9-7-16-10-4-3-5-15-12(9)10/h3-8,16H,1-2H3/b11-6-. The number of aromatic nitrogens is 2. The summed E-state index contributed by atoms with van der Waals surface area (Å²) in [5.74, 6) is -0.236. The second-order valence-electron chi connectivity index (χ2n) is 4.79. The molecule has 3 rings (SSSR count). The second-order valence-corrected chi connectivity index (χ2v) is 5.78. The number of nitrogens with zero attached hydrogens (tertiary/aromatic N) is 2. The van der Waals surface area contributed by atoms with Crippen LogP contribution in [0.4, 0.5) is 4.79 Å². The largest absolute Gasteiger partial charge is 0.359 e. The van der Waals surface area contributed by atoms with Gasteiger partial charge in [-0.3, -0.25) is 19.5 Å². The Labute approximate surface area is 120 Å². The first-order valence-corrected chi connectivity index (χ1v) is 7.08. The van der Waals surface area contributed by atoms with Gasteiger partial charge in [0.2, 0.25) is 0 Å². The third kappa shape index (κ3) is 2.02. The van der Waals surface area contributed by atoms with Crippen LogP contribution in [-0.4, -0.2) is 32.1 Å². The molecule has 3 heterocycles. The van der Waals surface area contributed by atoms with Crippen LogP contribution in [0.1, 0.15) is 19.4 Å². The molecule has 0 unspecified atom stereocenters. The van der Waals surface area contributed by atoms with E-state index in [1.165, 1.54) is 4.90 Å². The van der Waals surface area contributed by atoms with Gasteiger partial charge in [0, 0.05) is 24.0 Å². The molecule has 0 atom stereocenters. The number of hydrogen-bond acceptors (Lipinski definition) is 4. The lowest BCUT2D eigenvalue weighted by atomic mass is 10.2. The van der Waals surface area contributed by atoms with E-state index in [0.717, 1.165) is 28.4 Å². The fourth-order valence-electron chi connectivity index (χ4n) is 2.15. The van der Waals surface area contributed by atoms with Gasteiger partial charge in [-0.15, -0.1) is 0 Å². The van der Waals surface area contributed by atoms with Gasteiger partial charge in [-0.05, 0) is 43.8 Å². The lowest BCUT2D eigenvalue weighted by Gasteiger charge is -2.16. The Kier molecular flexibility index (Phi) is 3.10. The van der Waals surface area contributed by atoms with Gasteiger partial charge in [0.15, 0.2) is 0 Å². The Morgan fingerprint density at radius 3 is 2.90 bits per heavy atom. The molecular formula is C14H13N3O2S. The molecule has 1 aliphatic rings. The first kappa shape index (κ1) is 12.9. The van der Waals surface area contributed by atoms with Crippen LogP contribution in [0.15, 0.2) is 29.4 Å². The predicted molar refractivity (Wildman–Crippen MR) is 79.0 cm³/mol. The molecule has 20 heavy (non-hydrogen) atoms. The van der Waals surface area contributed by atoms with E-state index >= 15 is 0 Å². The number of amides is 2. The summed E-state index contributed by atoms with van der Waals surface area (Å²) in [7, 11) is 0. The molecule has 6 heteroatoms. The maximum Gasteiger partial charge on any atom is 0.293 e. The summed E-state index contributed by atoms with van der Waals surface area (Å²) >= 11 is 0.974. The van der Waals surface area contributed by atoms with Crippen molar-refractivity contribution in [3.05, 3.63) is 35.0 Å². The van der Waals surface area contributed by atoms with Gasteiger partial charge in [0.25, 0.3) is 11.1 Å². The first-order valence-electron chi connectivity index (χ1n) is 6.27. The molecule has 1 saturated heterocycles. The van der Waals surface area contributed by atoms with E-state index in [1.54, 1.807) is 18.5 Å². The number of hydrogen-bond donors (Lipinski definition) is 1. The molecule has 0 aliphatic carbocycles. The van der Waals surface area contributed by atoms with Crippen molar-refractivity contribution in [1.29, 1.82) is 0 Å². The minimum absolute atomic E-state index is 0.130. The molecular weight excluding hydrogens is 274 g/mol. The van der Waals surface area contributed by atoms with E-state index in [2.05, 4.69) is 9.97 Å². The van der Waals surface area contributed by atoms with E-state index in [9.17, 15) is 9.59 Å². The highest BCUT2D eigenvalue weighted by Crippen LogP contribution is 2.34. The maximum absolute atomic E-state index is 12.2. The maximum atomic E-state index is 12.2. The van der Waals surface area contributed by atoms with Crippen molar-refractivity contribution in [2.45, 2.75) is 19.9 Å². The van der Waals surface area contributed by atoms with Crippen LogP contribution in [0, 0.1) is 0 Å². The zero-order valence-electron chi connectivity index (χ0n) is 11.1. The average Bonchev–Trinajstić information content (AvgIpc) is 2.93. The highest BCUT2D eigenvalue weighted by molar-refractivity contribution is 8.18. The van der Waals surface area contributed by atoms with E-state index in [4.69, 9.17) is 0 Å². The fourth-order valence-corrected chi connectivity index (χ4v) is 3.10. The van der Waals surface area contributed by atoms with Crippen molar-refractivity contribution in [3.63, 3.8) is 0 Å². The first-order chi connectivity index (χ1) is 9.58. The number of thioether (sulfide) groups is 1. The molecule has 2 aromatic heterocycles. The van der Waals surface area contributed by atoms with Crippen LogP contribution in [0.2, 0.25) is 0 Å². The molecule has 102 valence electrons. The van der Waals surface area contributed by atoms with Gasteiger partial charge in [-0.25, -0.2) is 0 Å². The summed E-state index contributed by atoms with van der Waals surface area (Å²) in [6, 6.07) is 3.63. The number of carbonyl (C=O) groups is 2. The van der Waals surface area contributed by atoms with E-state index < -0.39 is 0 Å². The molecule has 1 N–H and O–H groups in total. The van der Waals surface area contributed by atoms with Gasteiger partial charge in [-0.1, -0.05) is 0 Å². The van der Waals surface area contributed by atoms with E-state index in [-0.39, 0.29) is 17.2 Å². The van der Waals surface area contributed by atoms with E-state index in [1.807, 2.05) is 26.0 Å². The Morgan fingerprint density at radius 2 is 2.20 bits per heavy atom. The van der Waals surface area contributed by atoms with Gasteiger partial charge < -0.3 is 4.98 Å². The molecule has 1 aliphatic heterocycles. The zero-order valence-corrected chi connectivity index (χ0v) is 11.9. The van der Waals surface area contributed by atoms with Crippen LogP contribution in [0.3, 0.4) is 0 Å². The summed E-state index contributed by atoms with van der Waals surface area (Å²) in [4.78, 5) is 33.1. The lowest BCUT2D eigenvalue weighted by molar-refractivity contribution is -0.123. The number of carbonyl (C=O) groups excluding carboxylic acids is 2. The highest BCUT2D eigenvalue weighted by atomic mass is 32.2. The Balaban J connectivity index is 2.01. The van der Waals surface area contributed by atoms with Crippen molar-refractivity contribution < 1.29 is 9.59 Å². The summed E-state index contributed by atoms with van der Waals surface area (Å²) in [6.45, 7) is 3.65. The van der Waals surface area contributed by atoms with Crippen molar-refractivity contribution in [2.24, 2.45) is 0 Å². The topological polar surface area (TPSA) is 66.1 Å². The molecule has 2 amide bonds. The SMILES string of the molecule is CC(C)N1C(=O)S/C(=C\c2c[nH]c3cccnc23)C1=O. The van der Waals surface area contributed by atoms with Crippen molar-refractivity contribution in [1.82, 2.24) is 14.9 Å². The summed E-state index contributed by atoms with van der Waals surface area (Å²) in [6.07, 6.45) is 5.22.